The van der Waals surface area contributed by atoms with E-state index in [0.29, 0.717) is 12.2 Å². The number of esters is 1. The number of ether oxygens (including phenoxy) is 1. The van der Waals surface area contributed by atoms with Crippen molar-refractivity contribution in [2.75, 3.05) is 32.8 Å². The minimum absolute atomic E-state index is 0.268. The number of hydrogen-bond acceptors (Lipinski definition) is 2. The molecule has 106 valence electrons. The third-order valence-electron chi connectivity index (χ3n) is 3.65. The normalized spacial score (nSPS) is 11.3. The molecule has 0 saturated heterocycles. The number of carbonyl (C=O) groups excluding carboxylic acids is 1. The highest BCUT2D eigenvalue weighted by atomic mass is 16.5. The molecule has 0 heterocycles. The Morgan fingerprint density at radius 1 is 1.11 bits per heavy atom. The van der Waals surface area contributed by atoms with Crippen molar-refractivity contribution in [3.05, 3.63) is 12.2 Å². The van der Waals surface area contributed by atoms with E-state index in [-0.39, 0.29) is 5.97 Å². The second kappa shape index (κ2) is 9.15. The quantitative estimate of drug-likeness (QED) is 0.260. The topological polar surface area (TPSA) is 26.3 Å². The van der Waals surface area contributed by atoms with Crippen LogP contribution in [0.4, 0.5) is 0 Å². The Hall–Kier alpha value is -0.830. The molecule has 0 aliphatic rings. The third-order valence-corrected chi connectivity index (χ3v) is 3.65. The Morgan fingerprint density at radius 3 is 2.17 bits per heavy atom. The molecule has 0 aromatic carbocycles. The maximum absolute atomic E-state index is 11.2. The smallest absolute Gasteiger partial charge is 0.333 e. The molecular formula is C15H30NO2+. The fourth-order valence-electron chi connectivity index (χ4n) is 2.28. The highest BCUT2D eigenvalue weighted by Gasteiger charge is 2.20. The second-order valence-corrected chi connectivity index (χ2v) is 5.04. The molecule has 0 atom stereocenters. The van der Waals surface area contributed by atoms with Crippen LogP contribution in [-0.2, 0) is 9.53 Å². The largest absolute Gasteiger partial charge is 0.462 e. The summed E-state index contributed by atoms with van der Waals surface area (Å²) in [5.41, 5.74) is 0.480. The molecule has 0 aromatic rings. The van der Waals surface area contributed by atoms with Crippen molar-refractivity contribution in [1.82, 2.24) is 0 Å². The number of carbonyl (C=O) groups is 1. The molecule has 0 fully saturated rings. The summed E-state index contributed by atoms with van der Waals surface area (Å²) in [6, 6.07) is 0. The van der Waals surface area contributed by atoms with Crippen molar-refractivity contribution in [3.8, 4) is 0 Å². The third kappa shape index (κ3) is 6.20. The van der Waals surface area contributed by atoms with Crippen molar-refractivity contribution in [2.24, 2.45) is 0 Å². The van der Waals surface area contributed by atoms with Crippen LogP contribution < -0.4 is 0 Å². The molecule has 0 aromatic heterocycles. The minimum Gasteiger partial charge on any atom is -0.462 e. The van der Waals surface area contributed by atoms with Crippen molar-refractivity contribution in [3.63, 3.8) is 0 Å². The van der Waals surface area contributed by atoms with Crippen LogP contribution in [0.15, 0.2) is 12.2 Å². The molecule has 0 amide bonds. The monoisotopic (exact) mass is 256 g/mol. The first-order valence-electron chi connectivity index (χ1n) is 7.19. The van der Waals surface area contributed by atoms with Gasteiger partial charge in [-0.1, -0.05) is 13.5 Å². The molecule has 0 bridgehead atoms. The summed E-state index contributed by atoms with van der Waals surface area (Å²) in [4.78, 5) is 11.2. The van der Waals surface area contributed by atoms with Gasteiger partial charge in [-0.05, 0) is 40.0 Å². The fraction of sp³-hybridized carbons (Fsp3) is 0.800. The van der Waals surface area contributed by atoms with Gasteiger partial charge in [0.25, 0.3) is 0 Å². The first kappa shape index (κ1) is 17.2. The van der Waals surface area contributed by atoms with Crippen LogP contribution in [0, 0.1) is 0 Å². The van der Waals surface area contributed by atoms with E-state index in [0.717, 1.165) is 12.8 Å². The summed E-state index contributed by atoms with van der Waals surface area (Å²) in [6.45, 7) is 17.4. The first-order chi connectivity index (χ1) is 8.51. The van der Waals surface area contributed by atoms with Crippen LogP contribution in [0.1, 0.15) is 47.0 Å². The van der Waals surface area contributed by atoms with Crippen molar-refractivity contribution < 1.29 is 14.0 Å². The number of rotatable bonds is 10. The van der Waals surface area contributed by atoms with Gasteiger partial charge in [0.05, 0.1) is 32.8 Å². The molecule has 3 nitrogen and oxygen atoms in total. The molecule has 0 aliphatic carbocycles. The minimum atomic E-state index is -0.268. The maximum Gasteiger partial charge on any atom is 0.333 e. The summed E-state index contributed by atoms with van der Waals surface area (Å²) in [6.07, 6.45) is 3.29. The van der Waals surface area contributed by atoms with Gasteiger partial charge in [0.15, 0.2) is 0 Å². The van der Waals surface area contributed by atoms with Crippen LogP contribution in [0.3, 0.4) is 0 Å². The van der Waals surface area contributed by atoms with E-state index in [1.165, 1.54) is 37.1 Å². The van der Waals surface area contributed by atoms with Crippen LogP contribution >= 0.6 is 0 Å². The average molecular weight is 256 g/mol. The Balaban J connectivity index is 3.87. The zero-order valence-corrected chi connectivity index (χ0v) is 12.6. The van der Waals surface area contributed by atoms with Crippen LogP contribution in [0.5, 0.6) is 0 Å². The number of hydrogen-bond donors (Lipinski definition) is 0. The number of nitrogens with zero attached hydrogens (tertiary/aromatic N) is 1. The van der Waals surface area contributed by atoms with Gasteiger partial charge in [0.1, 0.15) is 0 Å². The average Bonchev–Trinajstić information content (AvgIpc) is 2.36. The lowest BCUT2D eigenvalue weighted by atomic mass is 10.2. The SMILES string of the molecule is C=C(C)C(=O)OCCCC[N+](CC)(CC)CCC. The van der Waals surface area contributed by atoms with Gasteiger partial charge in [-0.15, -0.1) is 0 Å². The predicted octanol–water partition coefficient (Wildman–Crippen LogP) is 3.15. The molecule has 0 rings (SSSR count). The standard InChI is InChI=1S/C15H30NO2/c1-6-11-16(7-2,8-3)12-9-10-13-18-15(17)14(4)5/h4,6-13H2,1-3,5H3/q+1. The molecule has 0 spiro atoms. The fourth-order valence-corrected chi connectivity index (χ4v) is 2.28. The van der Waals surface area contributed by atoms with E-state index in [1.54, 1.807) is 6.92 Å². The van der Waals surface area contributed by atoms with Crippen LogP contribution in [-0.4, -0.2) is 43.2 Å². The molecule has 0 unspecified atom stereocenters. The van der Waals surface area contributed by atoms with Gasteiger partial charge in [-0.2, -0.15) is 0 Å². The van der Waals surface area contributed by atoms with E-state index >= 15 is 0 Å². The summed E-state index contributed by atoms with van der Waals surface area (Å²) in [7, 11) is 0. The van der Waals surface area contributed by atoms with Crippen molar-refractivity contribution in [1.29, 1.82) is 0 Å². The number of unbranched alkanes of at least 4 members (excludes halogenated alkanes) is 1. The summed E-state index contributed by atoms with van der Waals surface area (Å²) in [5.74, 6) is -0.268. The Labute approximate surface area is 112 Å². The molecular weight excluding hydrogens is 226 g/mol. The van der Waals surface area contributed by atoms with E-state index < -0.39 is 0 Å². The van der Waals surface area contributed by atoms with Crippen molar-refractivity contribution in [2.45, 2.75) is 47.0 Å². The van der Waals surface area contributed by atoms with Crippen molar-refractivity contribution >= 4 is 5.97 Å². The van der Waals surface area contributed by atoms with Gasteiger partial charge in [0, 0.05) is 5.57 Å². The van der Waals surface area contributed by atoms with Gasteiger partial charge >= 0.3 is 5.97 Å². The first-order valence-corrected chi connectivity index (χ1v) is 7.19. The van der Waals surface area contributed by atoms with Gasteiger partial charge < -0.3 is 9.22 Å². The lowest BCUT2D eigenvalue weighted by Crippen LogP contribution is -2.48. The highest BCUT2D eigenvalue weighted by molar-refractivity contribution is 5.86. The molecule has 3 heteroatoms. The van der Waals surface area contributed by atoms with E-state index in [4.69, 9.17) is 4.74 Å². The van der Waals surface area contributed by atoms with Crippen LogP contribution in [0.25, 0.3) is 0 Å². The van der Waals surface area contributed by atoms with Gasteiger partial charge in [-0.3, -0.25) is 0 Å². The summed E-state index contributed by atoms with van der Waals surface area (Å²) >= 11 is 0. The highest BCUT2D eigenvalue weighted by Crippen LogP contribution is 2.10. The molecule has 0 N–H and O–H groups in total. The maximum atomic E-state index is 11.2. The van der Waals surface area contributed by atoms with Crippen LogP contribution in [0.2, 0.25) is 0 Å². The molecule has 0 aliphatic heterocycles. The summed E-state index contributed by atoms with van der Waals surface area (Å²) in [5, 5.41) is 0. The van der Waals surface area contributed by atoms with Gasteiger partial charge in [0.2, 0.25) is 0 Å². The van der Waals surface area contributed by atoms with E-state index in [1.807, 2.05) is 0 Å². The summed E-state index contributed by atoms with van der Waals surface area (Å²) < 4.78 is 6.29. The Kier molecular flexibility index (Phi) is 8.73. The van der Waals surface area contributed by atoms with E-state index in [9.17, 15) is 4.79 Å². The lowest BCUT2D eigenvalue weighted by Gasteiger charge is -2.36. The Morgan fingerprint density at radius 2 is 1.72 bits per heavy atom. The van der Waals surface area contributed by atoms with E-state index in [2.05, 4.69) is 27.4 Å². The number of quaternary nitrogens is 1. The lowest BCUT2D eigenvalue weighted by molar-refractivity contribution is -0.925. The zero-order valence-electron chi connectivity index (χ0n) is 12.6. The molecule has 18 heavy (non-hydrogen) atoms. The predicted molar refractivity (Wildman–Crippen MR) is 76.4 cm³/mol. The zero-order chi connectivity index (χ0) is 14.0. The second-order valence-electron chi connectivity index (χ2n) is 5.04. The molecule has 0 saturated carbocycles. The van der Waals surface area contributed by atoms with Gasteiger partial charge in [-0.25, -0.2) is 4.79 Å². The Bertz CT molecular complexity index is 257. The molecule has 0 radical (unpaired) electrons.